The molecule has 2 aromatic carbocycles. The smallest absolute Gasteiger partial charge is 0.255 e. The molecule has 32 heavy (non-hydrogen) atoms. The standard InChI is InChI=1S/C21H21N3O4.C2H4N2/c22-10-13-4-6-14(7-5-13)12-28-18-3-1-2-15-16(18)11-24(21(15)27)17-8-9-19(25)23-20(17)26;3-1-2-4/h1-7,17H,8-12,22H2,(H,23,25,26);1-4H. The third-order valence-corrected chi connectivity index (χ3v) is 5.28. The van der Waals surface area contributed by atoms with Crippen molar-refractivity contribution in [1.29, 1.82) is 10.8 Å². The van der Waals surface area contributed by atoms with Crippen LogP contribution in [0.25, 0.3) is 0 Å². The molecule has 2 aliphatic rings. The average Bonchev–Trinajstić information content (AvgIpc) is 3.15. The van der Waals surface area contributed by atoms with Gasteiger partial charge in [0.05, 0.1) is 6.54 Å². The first-order valence-corrected chi connectivity index (χ1v) is 10.1. The number of nitrogens with one attached hydrogen (secondary N) is 3. The summed E-state index contributed by atoms with van der Waals surface area (Å²) in [6.45, 7) is 1.16. The number of imide groups is 1. The summed E-state index contributed by atoms with van der Waals surface area (Å²) < 4.78 is 5.97. The Morgan fingerprint density at radius 1 is 1.06 bits per heavy atom. The molecule has 0 bridgehead atoms. The van der Waals surface area contributed by atoms with Gasteiger partial charge in [0.1, 0.15) is 18.4 Å². The molecular formula is C23H25N5O4. The van der Waals surface area contributed by atoms with Crippen LogP contribution in [0.5, 0.6) is 5.75 Å². The minimum absolute atomic E-state index is 0.206. The number of piperidine rings is 1. The summed E-state index contributed by atoms with van der Waals surface area (Å²) in [4.78, 5) is 37.9. The van der Waals surface area contributed by atoms with Crippen molar-refractivity contribution in [1.82, 2.24) is 10.2 Å². The van der Waals surface area contributed by atoms with Gasteiger partial charge >= 0.3 is 0 Å². The SMILES string of the molecule is N=CC=N.NCc1ccc(COc2cccc3c2CN(C2CCC(=O)NC2=O)C3=O)cc1. The van der Waals surface area contributed by atoms with E-state index >= 15 is 0 Å². The molecule has 9 heteroatoms. The van der Waals surface area contributed by atoms with E-state index in [2.05, 4.69) is 5.32 Å². The molecule has 166 valence electrons. The molecule has 1 saturated heterocycles. The lowest BCUT2D eigenvalue weighted by Gasteiger charge is -2.29. The highest BCUT2D eigenvalue weighted by molar-refractivity contribution is 6.12. The van der Waals surface area contributed by atoms with Gasteiger partial charge in [-0.3, -0.25) is 19.7 Å². The zero-order valence-electron chi connectivity index (χ0n) is 17.5. The predicted octanol–water partition coefficient (Wildman–Crippen LogP) is 1.77. The van der Waals surface area contributed by atoms with Gasteiger partial charge in [-0.25, -0.2) is 0 Å². The molecule has 0 saturated carbocycles. The van der Waals surface area contributed by atoms with Crippen LogP contribution in [0, 0.1) is 10.8 Å². The third kappa shape index (κ3) is 5.06. The Kier molecular flexibility index (Phi) is 7.45. The summed E-state index contributed by atoms with van der Waals surface area (Å²) in [5.41, 5.74) is 8.98. The first kappa shape index (κ1) is 22.8. The number of carbonyl (C=O) groups is 3. The second-order valence-electron chi connectivity index (χ2n) is 7.32. The summed E-state index contributed by atoms with van der Waals surface area (Å²) in [5, 5.41) is 14.5. The van der Waals surface area contributed by atoms with Gasteiger partial charge < -0.3 is 26.2 Å². The molecule has 3 amide bonds. The zero-order chi connectivity index (χ0) is 23.1. The Morgan fingerprint density at radius 2 is 1.75 bits per heavy atom. The highest BCUT2D eigenvalue weighted by atomic mass is 16.5. The van der Waals surface area contributed by atoms with Crippen molar-refractivity contribution in [2.24, 2.45) is 5.73 Å². The molecular weight excluding hydrogens is 410 g/mol. The molecule has 0 aliphatic carbocycles. The number of hydrogen-bond donors (Lipinski definition) is 4. The van der Waals surface area contributed by atoms with Crippen molar-refractivity contribution < 1.29 is 19.1 Å². The van der Waals surface area contributed by atoms with E-state index in [1.807, 2.05) is 30.3 Å². The maximum absolute atomic E-state index is 12.8. The number of fused-ring (bicyclic) bond motifs is 1. The number of nitrogens with two attached hydrogens (primary N) is 1. The van der Waals surface area contributed by atoms with Crippen molar-refractivity contribution in [2.75, 3.05) is 0 Å². The fourth-order valence-corrected chi connectivity index (χ4v) is 3.63. The maximum Gasteiger partial charge on any atom is 0.255 e. The van der Waals surface area contributed by atoms with Crippen LogP contribution in [0.1, 0.15) is 39.9 Å². The van der Waals surface area contributed by atoms with Crippen LogP contribution >= 0.6 is 0 Å². The number of ether oxygens (including phenoxy) is 1. The average molecular weight is 435 g/mol. The van der Waals surface area contributed by atoms with Crippen molar-refractivity contribution in [3.05, 3.63) is 64.7 Å². The van der Waals surface area contributed by atoms with Crippen LogP contribution in [0.2, 0.25) is 0 Å². The lowest BCUT2D eigenvalue weighted by Crippen LogP contribution is -2.52. The molecule has 4 rings (SSSR count). The molecule has 2 aliphatic heterocycles. The topological polar surface area (TPSA) is 149 Å². The normalized spacial score (nSPS) is 17.1. The molecule has 0 spiro atoms. The minimum atomic E-state index is -0.630. The van der Waals surface area contributed by atoms with Crippen molar-refractivity contribution >= 4 is 30.2 Å². The fraction of sp³-hybridized carbons (Fsp3) is 0.261. The zero-order valence-corrected chi connectivity index (χ0v) is 17.5. The first-order valence-electron chi connectivity index (χ1n) is 10.1. The van der Waals surface area contributed by atoms with Gasteiger partial charge in [0.15, 0.2) is 0 Å². The van der Waals surface area contributed by atoms with Gasteiger partial charge in [0.2, 0.25) is 11.8 Å². The molecule has 1 unspecified atom stereocenters. The van der Waals surface area contributed by atoms with E-state index in [1.165, 1.54) is 4.90 Å². The molecule has 1 fully saturated rings. The van der Waals surface area contributed by atoms with Crippen molar-refractivity contribution in [3.63, 3.8) is 0 Å². The van der Waals surface area contributed by atoms with Crippen molar-refractivity contribution in [3.8, 4) is 5.75 Å². The van der Waals surface area contributed by atoms with E-state index in [0.29, 0.717) is 37.4 Å². The number of rotatable bonds is 6. The number of hydrogen-bond acceptors (Lipinski definition) is 7. The van der Waals surface area contributed by atoms with E-state index < -0.39 is 11.9 Å². The summed E-state index contributed by atoms with van der Waals surface area (Å²) >= 11 is 0. The number of amides is 3. The van der Waals surface area contributed by atoms with Crippen molar-refractivity contribution in [2.45, 2.75) is 38.6 Å². The first-order chi connectivity index (χ1) is 15.5. The van der Waals surface area contributed by atoms with Gasteiger partial charge in [-0.2, -0.15) is 0 Å². The van der Waals surface area contributed by atoms with Gasteiger partial charge in [-0.05, 0) is 29.7 Å². The molecule has 9 nitrogen and oxygen atoms in total. The summed E-state index contributed by atoms with van der Waals surface area (Å²) in [5.74, 6) is -0.291. The third-order valence-electron chi connectivity index (χ3n) is 5.28. The Hall–Kier alpha value is -3.85. The molecule has 2 heterocycles. The molecule has 0 radical (unpaired) electrons. The minimum Gasteiger partial charge on any atom is -0.489 e. The number of carbonyl (C=O) groups excluding carboxylic acids is 3. The van der Waals surface area contributed by atoms with E-state index in [-0.39, 0.29) is 18.2 Å². The van der Waals surface area contributed by atoms with E-state index in [9.17, 15) is 14.4 Å². The van der Waals surface area contributed by atoms with Gasteiger partial charge in [0, 0.05) is 36.5 Å². The van der Waals surface area contributed by atoms with E-state index in [1.54, 1.807) is 12.1 Å². The van der Waals surface area contributed by atoms with Crippen LogP contribution in [-0.4, -0.2) is 41.1 Å². The summed E-state index contributed by atoms with van der Waals surface area (Å²) in [6.07, 6.45) is 2.41. The van der Waals surface area contributed by atoms with Crippen LogP contribution < -0.4 is 15.8 Å². The lowest BCUT2D eigenvalue weighted by molar-refractivity contribution is -0.136. The Morgan fingerprint density at radius 3 is 2.38 bits per heavy atom. The lowest BCUT2D eigenvalue weighted by atomic mass is 10.0. The van der Waals surface area contributed by atoms with E-state index in [0.717, 1.165) is 29.1 Å². The monoisotopic (exact) mass is 435 g/mol. The molecule has 1 atom stereocenters. The number of nitrogens with zero attached hydrogens (tertiary/aromatic N) is 1. The molecule has 2 aromatic rings. The fourth-order valence-electron chi connectivity index (χ4n) is 3.63. The second kappa shape index (κ2) is 10.5. The second-order valence-corrected chi connectivity index (χ2v) is 7.32. The van der Waals surface area contributed by atoms with Crippen LogP contribution in [0.3, 0.4) is 0 Å². The highest BCUT2D eigenvalue weighted by Gasteiger charge is 2.40. The quantitative estimate of drug-likeness (QED) is 0.403. The largest absolute Gasteiger partial charge is 0.489 e. The van der Waals surface area contributed by atoms with Gasteiger partial charge in [-0.15, -0.1) is 0 Å². The Bertz CT molecular complexity index is 1030. The molecule has 5 N–H and O–H groups in total. The maximum atomic E-state index is 12.8. The summed E-state index contributed by atoms with van der Waals surface area (Å²) in [6, 6.07) is 12.6. The van der Waals surface area contributed by atoms with E-state index in [4.69, 9.17) is 21.3 Å². The predicted molar refractivity (Wildman–Crippen MR) is 119 cm³/mol. The Balaban J connectivity index is 0.000000668. The van der Waals surface area contributed by atoms with Crippen LogP contribution in [-0.2, 0) is 29.3 Å². The molecule has 0 aromatic heterocycles. The Labute approximate surface area is 185 Å². The van der Waals surface area contributed by atoms with Gasteiger partial charge in [-0.1, -0.05) is 30.3 Å². The van der Waals surface area contributed by atoms with Crippen LogP contribution in [0.4, 0.5) is 0 Å². The summed E-state index contributed by atoms with van der Waals surface area (Å²) in [7, 11) is 0. The van der Waals surface area contributed by atoms with Crippen LogP contribution in [0.15, 0.2) is 42.5 Å². The highest BCUT2D eigenvalue weighted by Crippen LogP contribution is 2.33. The van der Waals surface area contributed by atoms with Gasteiger partial charge in [0.25, 0.3) is 5.91 Å². The number of benzene rings is 2.